The molecule has 0 aliphatic heterocycles. The molecule has 0 amide bonds. The number of anilines is 2. The highest BCUT2D eigenvalue weighted by atomic mass is 16.5. The Morgan fingerprint density at radius 2 is 2.19 bits per heavy atom. The van der Waals surface area contributed by atoms with Crippen LogP contribution >= 0.6 is 0 Å². The number of nitrogens with one attached hydrogen (secondary N) is 2. The smallest absolute Gasteiger partial charge is 0.307 e. The normalized spacial score (nSPS) is 10.2. The maximum absolute atomic E-state index is 11.2. The highest BCUT2D eigenvalue weighted by molar-refractivity contribution is 5.69. The van der Waals surface area contributed by atoms with Crippen molar-refractivity contribution in [2.24, 2.45) is 5.84 Å². The van der Waals surface area contributed by atoms with Gasteiger partial charge in [0.15, 0.2) is 0 Å². The number of hydrogen-bond acceptors (Lipinski definition) is 10. The van der Waals surface area contributed by atoms with Crippen molar-refractivity contribution in [1.82, 2.24) is 29.7 Å². The lowest BCUT2D eigenvalue weighted by Gasteiger charge is -2.08. The molecule has 4 N–H and O–H groups in total. The van der Waals surface area contributed by atoms with Crippen molar-refractivity contribution in [2.75, 3.05) is 23.9 Å². The first-order valence-corrected chi connectivity index (χ1v) is 6.20. The van der Waals surface area contributed by atoms with E-state index in [1.165, 1.54) is 17.3 Å². The predicted octanol–water partition coefficient (Wildman–Crippen LogP) is -0.897. The summed E-state index contributed by atoms with van der Waals surface area (Å²) in [6, 6.07) is 0. The van der Waals surface area contributed by atoms with Gasteiger partial charge in [0.1, 0.15) is 12.7 Å². The van der Waals surface area contributed by atoms with E-state index in [9.17, 15) is 4.79 Å². The number of ether oxygens (including phenoxy) is 1. The number of esters is 1. The summed E-state index contributed by atoms with van der Waals surface area (Å²) in [5, 5.41) is 6.81. The molecule has 11 nitrogen and oxygen atoms in total. The van der Waals surface area contributed by atoms with Gasteiger partial charge in [0.2, 0.25) is 11.9 Å². The van der Waals surface area contributed by atoms with E-state index < -0.39 is 0 Å². The van der Waals surface area contributed by atoms with Crippen LogP contribution in [0.3, 0.4) is 0 Å². The van der Waals surface area contributed by atoms with E-state index in [0.29, 0.717) is 13.2 Å². The number of carbonyl (C=O) groups excluding carboxylic acids is 1. The molecule has 0 aliphatic rings. The molecule has 0 bridgehead atoms. The summed E-state index contributed by atoms with van der Waals surface area (Å²) in [7, 11) is 0. The largest absolute Gasteiger partial charge is 0.466 e. The van der Waals surface area contributed by atoms with Gasteiger partial charge in [-0.15, -0.1) is 0 Å². The van der Waals surface area contributed by atoms with Crippen molar-refractivity contribution in [1.29, 1.82) is 0 Å². The Labute approximate surface area is 119 Å². The van der Waals surface area contributed by atoms with Crippen molar-refractivity contribution >= 4 is 17.9 Å². The van der Waals surface area contributed by atoms with E-state index in [4.69, 9.17) is 10.6 Å². The zero-order valence-corrected chi connectivity index (χ0v) is 11.4. The van der Waals surface area contributed by atoms with E-state index in [1.54, 1.807) is 6.92 Å². The van der Waals surface area contributed by atoms with Gasteiger partial charge < -0.3 is 10.1 Å². The molecule has 2 heterocycles. The second kappa shape index (κ2) is 7.09. The molecule has 2 aromatic heterocycles. The molecule has 0 aromatic carbocycles. The SMILES string of the molecule is CCOC(=O)CCNc1nc(NN)nc(-n2cncn2)n1. The Kier molecular flexibility index (Phi) is 4.93. The lowest BCUT2D eigenvalue weighted by atomic mass is 10.4. The van der Waals surface area contributed by atoms with Crippen LogP contribution < -0.4 is 16.6 Å². The molecule has 0 atom stereocenters. The van der Waals surface area contributed by atoms with Crippen LogP contribution in [0.1, 0.15) is 13.3 Å². The fourth-order valence-corrected chi connectivity index (χ4v) is 1.43. The Morgan fingerprint density at radius 1 is 1.38 bits per heavy atom. The van der Waals surface area contributed by atoms with E-state index >= 15 is 0 Å². The molecule has 0 fully saturated rings. The minimum absolute atomic E-state index is 0.161. The number of aromatic nitrogens is 6. The van der Waals surface area contributed by atoms with Crippen LogP contribution in [0.5, 0.6) is 0 Å². The highest BCUT2D eigenvalue weighted by Gasteiger charge is 2.09. The summed E-state index contributed by atoms with van der Waals surface area (Å²) in [6.45, 7) is 2.42. The zero-order valence-electron chi connectivity index (χ0n) is 11.4. The highest BCUT2D eigenvalue weighted by Crippen LogP contribution is 2.07. The van der Waals surface area contributed by atoms with Crippen molar-refractivity contribution in [3.8, 4) is 5.95 Å². The molecule has 11 heteroatoms. The monoisotopic (exact) mass is 293 g/mol. The average molecular weight is 293 g/mol. The van der Waals surface area contributed by atoms with Crippen molar-refractivity contribution in [3.63, 3.8) is 0 Å². The molecule has 2 aromatic rings. The van der Waals surface area contributed by atoms with Crippen LogP contribution in [0.15, 0.2) is 12.7 Å². The Morgan fingerprint density at radius 3 is 2.86 bits per heavy atom. The maximum Gasteiger partial charge on any atom is 0.307 e. The average Bonchev–Trinajstić information content (AvgIpc) is 3.01. The fraction of sp³-hybridized carbons (Fsp3) is 0.400. The fourth-order valence-electron chi connectivity index (χ4n) is 1.43. The number of carbonyl (C=O) groups is 1. The van der Waals surface area contributed by atoms with Crippen LogP contribution in [-0.4, -0.2) is 48.8 Å². The first kappa shape index (κ1) is 14.6. The van der Waals surface area contributed by atoms with Crippen LogP contribution in [0.25, 0.3) is 5.95 Å². The van der Waals surface area contributed by atoms with Gasteiger partial charge in [-0.25, -0.2) is 10.8 Å². The zero-order chi connectivity index (χ0) is 15.1. The Balaban J connectivity index is 2.05. The molecule has 112 valence electrons. The van der Waals surface area contributed by atoms with Crippen molar-refractivity contribution in [3.05, 3.63) is 12.7 Å². The summed E-state index contributed by atoms with van der Waals surface area (Å²) in [5.74, 6) is 5.67. The van der Waals surface area contributed by atoms with Crippen molar-refractivity contribution in [2.45, 2.75) is 13.3 Å². The lowest BCUT2D eigenvalue weighted by Crippen LogP contribution is -2.17. The third-order valence-corrected chi connectivity index (χ3v) is 2.29. The third kappa shape index (κ3) is 4.07. The van der Waals surface area contributed by atoms with Gasteiger partial charge in [0.05, 0.1) is 13.0 Å². The summed E-state index contributed by atoms with van der Waals surface area (Å²) in [5.41, 5.74) is 2.33. The first-order chi connectivity index (χ1) is 10.2. The summed E-state index contributed by atoms with van der Waals surface area (Å²) < 4.78 is 6.18. The van der Waals surface area contributed by atoms with Gasteiger partial charge in [0, 0.05) is 6.54 Å². The van der Waals surface area contributed by atoms with Gasteiger partial charge in [-0.05, 0) is 6.92 Å². The number of nitrogens with two attached hydrogens (primary N) is 1. The molecule has 0 saturated carbocycles. The lowest BCUT2D eigenvalue weighted by molar-refractivity contribution is -0.142. The van der Waals surface area contributed by atoms with E-state index in [1.807, 2.05) is 0 Å². The number of nitrogen functional groups attached to an aromatic ring is 1. The molecule has 0 unspecified atom stereocenters. The van der Waals surface area contributed by atoms with Gasteiger partial charge in [0.25, 0.3) is 5.95 Å². The van der Waals surface area contributed by atoms with Crippen LogP contribution in [0.4, 0.5) is 11.9 Å². The van der Waals surface area contributed by atoms with E-state index in [2.05, 4.69) is 35.8 Å². The molecular formula is C10H15N9O2. The summed E-state index contributed by atoms with van der Waals surface area (Å²) >= 11 is 0. The summed E-state index contributed by atoms with van der Waals surface area (Å²) in [6.07, 6.45) is 2.99. The molecule has 0 spiro atoms. The minimum Gasteiger partial charge on any atom is -0.466 e. The van der Waals surface area contributed by atoms with Crippen LogP contribution in [0.2, 0.25) is 0 Å². The number of hydrogen-bond donors (Lipinski definition) is 3. The van der Waals surface area contributed by atoms with Crippen LogP contribution in [-0.2, 0) is 9.53 Å². The molecule has 0 radical (unpaired) electrons. The Hall–Kier alpha value is -2.82. The topological polar surface area (TPSA) is 146 Å². The Bertz CT molecular complexity index is 586. The molecule has 0 aliphatic carbocycles. The van der Waals surface area contributed by atoms with E-state index in [0.717, 1.165) is 0 Å². The number of hydrazine groups is 1. The second-order valence-electron chi connectivity index (χ2n) is 3.75. The van der Waals surface area contributed by atoms with Gasteiger partial charge in [-0.3, -0.25) is 10.2 Å². The third-order valence-electron chi connectivity index (χ3n) is 2.29. The van der Waals surface area contributed by atoms with Gasteiger partial charge in [-0.2, -0.15) is 24.7 Å². The molecule has 21 heavy (non-hydrogen) atoms. The van der Waals surface area contributed by atoms with Gasteiger partial charge >= 0.3 is 5.97 Å². The van der Waals surface area contributed by atoms with Crippen LogP contribution in [0, 0.1) is 0 Å². The minimum atomic E-state index is -0.298. The number of nitrogens with zero attached hydrogens (tertiary/aromatic N) is 6. The standard InChI is InChI=1S/C10H15N9O2/c1-2-21-7(20)3-4-13-8-15-9(18-11)17-10(16-8)19-6-12-5-14-19/h5-6H,2-4,11H2,1H3,(H2,13,15,16,17,18). The predicted molar refractivity (Wildman–Crippen MR) is 72.3 cm³/mol. The molecular weight excluding hydrogens is 278 g/mol. The number of rotatable bonds is 7. The van der Waals surface area contributed by atoms with Crippen molar-refractivity contribution < 1.29 is 9.53 Å². The maximum atomic E-state index is 11.2. The quantitative estimate of drug-likeness (QED) is 0.333. The molecule has 0 saturated heterocycles. The summed E-state index contributed by atoms with van der Waals surface area (Å²) in [4.78, 5) is 27.3. The van der Waals surface area contributed by atoms with Gasteiger partial charge in [-0.1, -0.05) is 0 Å². The van der Waals surface area contributed by atoms with E-state index in [-0.39, 0.29) is 30.2 Å². The molecule has 2 rings (SSSR count). The second-order valence-corrected chi connectivity index (χ2v) is 3.75. The first-order valence-electron chi connectivity index (χ1n) is 6.20.